The number of nitrogens with zero attached hydrogens (tertiary/aromatic N) is 1. The van der Waals surface area contributed by atoms with Gasteiger partial charge in [0.25, 0.3) is 0 Å². The van der Waals surface area contributed by atoms with Crippen molar-refractivity contribution in [1.29, 1.82) is 5.26 Å². The van der Waals surface area contributed by atoms with Crippen LogP contribution >= 0.6 is 0 Å². The van der Waals surface area contributed by atoms with Gasteiger partial charge in [0.15, 0.2) is 0 Å². The summed E-state index contributed by atoms with van der Waals surface area (Å²) in [6, 6.07) is 10.8. The van der Waals surface area contributed by atoms with Crippen LogP contribution in [-0.2, 0) is 0 Å². The summed E-state index contributed by atoms with van der Waals surface area (Å²) in [5.74, 6) is 0.722. The van der Waals surface area contributed by atoms with Crippen LogP contribution in [0.15, 0.2) is 18.2 Å². The normalized spacial score (nSPS) is 15.9. The number of hydrogen-bond donors (Lipinski definition) is 0. The van der Waals surface area contributed by atoms with Crippen molar-refractivity contribution in [2.45, 2.75) is 18.8 Å². The molecule has 1 aliphatic carbocycles. The van der Waals surface area contributed by atoms with Crippen LogP contribution in [0, 0.1) is 17.4 Å². The molecule has 53 valence electrons. The molecular formula is C10H8N. The molecule has 0 heterocycles. The number of benzene rings is 1. The second-order valence-corrected chi connectivity index (χ2v) is 2.94. The molecule has 1 aliphatic rings. The Balaban J connectivity index is 2.35. The van der Waals surface area contributed by atoms with E-state index in [0.29, 0.717) is 0 Å². The summed E-state index contributed by atoms with van der Waals surface area (Å²) < 4.78 is 0. The van der Waals surface area contributed by atoms with E-state index < -0.39 is 0 Å². The van der Waals surface area contributed by atoms with Crippen molar-refractivity contribution in [2.24, 2.45) is 0 Å². The topological polar surface area (TPSA) is 23.8 Å². The second kappa shape index (κ2) is 2.39. The third kappa shape index (κ3) is 1.25. The summed E-state index contributed by atoms with van der Waals surface area (Å²) in [5, 5.41) is 8.59. The number of rotatable bonds is 1. The van der Waals surface area contributed by atoms with Gasteiger partial charge in [0.2, 0.25) is 0 Å². The van der Waals surface area contributed by atoms with Gasteiger partial charge in [-0.2, -0.15) is 5.26 Å². The van der Waals surface area contributed by atoms with E-state index in [-0.39, 0.29) is 0 Å². The van der Waals surface area contributed by atoms with Gasteiger partial charge in [0, 0.05) is 0 Å². The van der Waals surface area contributed by atoms with Crippen LogP contribution in [0.4, 0.5) is 0 Å². The Morgan fingerprint density at radius 3 is 2.91 bits per heavy atom. The first-order valence-electron chi connectivity index (χ1n) is 3.81. The molecule has 1 fully saturated rings. The SMILES string of the molecule is N#Cc1c[c]cc(C2CC2)c1. The van der Waals surface area contributed by atoms with Gasteiger partial charge in [-0.3, -0.25) is 0 Å². The first kappa shape index (κ1) is 6.42. The van der Waals surface area contributed by atoms with E-state index in [4.69, 9.17) is 5.26 Å². The minimum Gasteiger partial charge on any atom is -0.192 e. The molecule has 1 heteroatoms. The lowest BCUT2D eigenvalue weighted by atomic mass is 10.1. The monoisotopic (exact) mass is 142 g/mol. The molecule has 1 saturated carbocycles. The zero-order chi connectivity index (χ0) is 7.68. The van der Waals surface area contributed by atoms with Crippen molar-refractivity contribution < 1.29 is 0 Å². The molecule has 1 aromatic rings. The van der Waals surface area contributed by atoms with Gasteiger partial charge >= 0.3 is 0 Å². The lowest BCUT2D eigenvalue weighted by Crippen LogP contribution is -1.80. The van der Waals surface area contributed by atoms with Gasteiger partial charge < -0.3 is 0 Å². The fourth-order valence-electron chi connectivity index (χ4n) is 1.21. The highest BCUT2D eigenvalue weighted by Crippen LogP contribution is 2.39. The quantitative estimate of drug-likeness (QED) is 0.589. The van der Waals surface area contributed by atoms with Crippen LogP contribution in [0.25, 0.3) is 0 Å². The Bertz CT molecular complexity index is 305. The van der Waals surface area contributed by atoms with Crippen molar-refractivity contribution in [3.63, 3.8) is 0 Å². The van der Waals surface area contributed by atoms with E-state index in [1.165, 1.54) is 18.4 Å². The third-order valence-corrected chi connectivity index (χ3v) is 1.99. The molecule has 0 unspecified atom stereocenters. The van der Waals surface area contributed by atoms with E-state index in [1.807, 2.05) is 12.1 Å². The molecule has 1 radical (unpaired) electrons. The van der Waals surface area contributed by atoms with E-state index in [0.717, 1.165) is 11.5 Å². The zero-order valence-corrected chi connectivity index (χ0v) is 6.17. The second-order valence-electron chi connectivity index (χ2n) is 2.94. The minimum atomic E-state index is 0.722. The van der Waals surface area contributed by atoms with Crippen molar-refractivity contribution in [1.82, 2.24) is 0 Å². The Kier molecular flexibility index (Phi) is 1.40. The predicted octanol–water partition coefficient (Wildman–Crippen LogP) is 2.24. The summed E-state index contributed by atoms with van der Waals surface area (Å²) in [6.45, 7) is 0. The molecule has 0 bridgehead atoms. The summed E-state index contributed by atoms with van der Waals surface area (Å²) in [7, 11) is 0. The summed E-state index contributed by atoms with van der Waals surface area (Å²) in [5.41, 5.74) is 2.01. The lowest BCUT2D eigenvalue weighted by molar-refractivity contribution is 1.13. The van der Waals surface area contributed by atoms with Crippen LogP contribution in [0.3, 0.4) is 0 Å². The zero-order valence-electron chi connectivity index (χ0n) is 6.17. The highest BCUT2D eigenvalue weighted by atomic mass is 14.3. The Labute approximate surface area is 66.3 Å². The van der Waals surface area contributed by atoms with Crippen LogP contribution in [0.1, 0.15) is 29.9 Å². The lowest BCUT2D eigenvalue weighted by Gasteiger charge is -1.95. The fraction of sp³-hybridized carbons (Fsp3) is 0.300. The van der Waals surface area contributed by atoms with Crippen molar-refractivity contribution >= 4 is 0 Å². The maximum atomic E-state index is 8.59. The smallest absolute Gasteiger partial charge is 0.0991 e. The average molecular weight is 142 g/mol. The van der Waals surface area contributed by atoms with E-state index in [9.17, 15) is 0 Å². The average Bonchev–Trinajstić information content (AvgIpc) is 2.87. The van der Waals surface area contributed by atoms with Crippen molar-refractivity contribution in [2.75, 3.05) is 0 Å². The third-order valence-electron chi connectivity index (χ3n) is 1.99. The van der Waals surface area contributed by atoms with E-state index in [1.54, 1.807) is 6.07 Å². The van der Waals surface area contributed by atoms with Gasteiger partial charge in [-0.15, -0.1) is 0 Å². The fourth-order valence-corrected chi connectivity index (χ4v) is 1.21. The predicted molar refractivity (Wildman–Crippen MR) is 42.0 cm³/mol. The van der Waals surface area contributed by atoms with Gasteiger partial charge in [0.05, 0.1) is 11.6 Å². The molecule has 1 nitrogen and oxygen atoms in total. The Hall–Kier alpha value is -1.29. The minimum absolute atomic E-state index is 0.722. The van der Waals surface area contributed by atoms with E-state index in [2.05, 4.69) is 12.1 Å². The molecule has 11 heavy (non-hydrogen) atoms. The van der Waals surface area contributed by atoms with Crippen LogP contribution in [0.2, 0.25) is 0 Å². The van der Waals surface area contributed by atoms with Gasteiger partial charge in [-0.25, -0.2) is 0 Å². The van der Waals surface area contributed by atoms with Gasteiger partial charge in [-0.1, -0.05) is 6.07 Å². The molecule has 0 spiro atoms. The Morgan fingerprint density at radius 1 is 1.45 bits per heavy atom. The molecule has 0 atom stereocenters. The first-order chi connectivity index (χ1) is 5.40. The maximum absolute atomic E-state index is 8.59. The molecule has 1 aromatic carbocycles. The summed E-state index contributed by atoms with van der Waals surface area (Å²) >= 11 is 0. The van der Waals surface area contributed by atoms with Crippen LogP contribution in [-0.4, -0.2) is 0 Å². The highest BCUT2D eigenvalue weighted by Gasteiger charge is 2.23. The van der Waals surface area contributed by atoms with Crippen LogP contribution in [0.5, 0.6) is 0 Å². The molecule has 0 amide bonds. The molecule has 2 rings (SSSR count). The molecule has 0 N–H and O–H groups in total. The maximum Gasteiger partial charge on any atom is 0.0991 e. The van der Waals surface area contributed by atoms with E-state index >= 15 is 0 Å². The van der Waals surface area contributed by atoms with Crippen molar-refractivity contribution in [3.8, 4) is 6.07 Å². The summed E-state index contributed by atoms with van der Waals surface area (Å²) in [6.07, 6.45) is 2.56. The largest absolute Gasteiger partial charge is 0.192 e. The Morgan fingerprint density at radius 2 is 2.27 bits per heavy atom. The van der Waals surface area contributed by atoms with Gasteiger partial charge in [-0.05, 0) is 42.5 Å². The molecule has 0 saturated heterocycles. The standard InChI is InChI=1S/C10H8N/c11-7-8-2-1-3-10(6-8)9-4-5-9/h2-3,6,9H,4-5H2. The van der Waals surface area contributed by atoms with Crippen molar-refractivity contribution in [3.05, 3.63) is 35.4 Å². The first-order valence-corrected chi connectivity index (χ1v) is 3.81. The summed E-state index contributed by atoms with van der Waals surface area (Å²) in [4.78, 5) is 0. The number of nitriles is 1. The molecular weight excluding hydrogens is 134 g/mol. The molecule has 0 aromatic heterocycles. The number of hydrogen-bond acceptors (Lipinski definition) is 1. The highest BCUT2D eigenvalue weighted by molar-refractivity contribution is 5.35. The van der Waals surface area contributed by atoms with Gasteiger partial charge in [0.1, 0.15) is 0 Å². The van der Waals surface area contributed by atoms with Crippen LogP contribution < -0.4 is 0 Å². The molecule has 0 aliphatic heterocycles.